The summed E-state index contributed by atoms with van der Waals surface area (Å²) in [5.74, 6) is 1.66. The standard InChI is InChI=1S/C91H74BN3/c1-91(2,3)74-42-39-65(40-43-74)73-57-86-88-87(58-73)95(90-80(68-35-21-9-22-36-68)54-72(64-29-15-6-16-30-64)55-81(90)69-37-23-10-24-38-69)85-59-75(93-76-48-60-47-61(50-76)51-77(93)49-60)44-45-82(85)92(88)83-56-70(62-25-11-4-12-26-62)41-46-84(83)94(86)89-78(66-31-17-7-18-32-66)52-71(63-27-13-5-14-28-63)53-79(89)67-33-19-8-20-34-67/h4-46,52-61,76-77H,47-51H2,1-3H3. The lowest BCUT2D eigenvalue weighted by molar-refractivity contribution is 0.0900. The van der Waals surface area contributed by atoms with E-state index in [0.717, 1.165) is 51.0 Å². The average Bonchev–Trinajstić information content (AvgIpc) is 0.687. The van der Waals surface area contributed by atoms with Gasteiger partial charge in [0.05, 0.1) is 11.4 Å². The molecule has 2 saturated carbocycles. The van der Waals surface area contributed by atoms with E-state index in [2.05, 4.69) is 345 Å². The molecule has 0 unspecified atom stereocenters. The molecule has 13 aromatic carbocycles. The van der Waals surface area contributed by atoms with E-state index in [-0.39, 0.29) is 12.1 Å². The Bertz CT molecular complexity index is 4880. The zero-order chi connectivity index (χ0) is 63.3. The first-order valence-electron chi connectivity index (χ1n) is 34.4. The Kier molecular flexibility index (Phi) is 13.9. The predicted octanol–water partition coefficient (Wildman–Crippen LogP) is 22.2. The maximum atomic E-state index is 2.91. The van der Waals surface area contributed by atoms with Gasteiger partial charge in [0.15, 0.2) is 0 Å². The Balaban J connectivity index is 1.01. The number of nitrogens with zero attached hydrogens (tertiary/aromatic N) is 3. The second-order valence-electron chi connectivity index (χ2n) is 28.4. The van der Waals surface area contributed by atoms with Crippen molar-refractivity contribution < 1.29 is 0 Å². The molecule has 4 fully saturated rings. The lowest BCUT2D eigenvalue weighted by Gasteiger charge is -2.57. The van der Waals surface area contributed by atoms with Crippen LogP contribution in [0.25, 0.3) is 89.0 Å². The molecule has 13 aromatic rings. The van der Waals surface area contributed by atoms with Crippen molar-refractivity contribution in [3.63, 3.8) is 0 Å². The molecule has 4 bridgehead atoms. The van der Waals surface area contributed by atoms with E-state index in [1.54, 1.807) is 0 Å². The zero-order valence-corrected chi connectivity index (χ0v) is 54.2. The van der Waals surface area contributed by atoms with E-state index in [1.807, 2.05) is 0 Å². The largest absolute Gasteiger partial charge is 0.365 e. The van der Waals surface area contributed by atoms with Crippen LogP contribution in [0.5, 0.6) is 0 Å². The smallest absolute Gasteiger partial charge is 0.252 e. The van der Waals surface area contributed by atoms with Crippen LogP contribution in [0.1, 0.15) is 58.4 Å². The van der Waals surface area contributed by atoms with Gasteiger partial charge in [-0.25, -0.2) is 0 Å². The summed E-state index contributed by atoms with van der Waals surface area (Å²) < 4.78 is 0. The zero-order valence-electron chi connectivity index (χ0n) is 54.2. The molecule has 3 nitrogen and oxygen atoms in total. The number of benzene rings is 13. The first-order valence-corrected chi connectivity index (χ1v) is 34.4. The molecule has 4 aliphatic heterocycles. The lowest BCUT2D eigenvalue weighted by Crippen LogP contribution is -2.62. The molecule has 2 saturated heterocycles. The van der Waals surface area contributed by atoms with Gasteiger partial charge in [-0.15, -0.1) is 0 Å². The summed E-state index contributed by atoms with van der Waals surface area (Å²) in [6.07, 6.45) is 6.54. The van der Waals surface area contributed by atoms with Gasteiger partial charge in [0.1, 0.15) is 0 Å². The van der Waals surface area contributed by atoms with Crippen molar-refractivity contribution in [2.45, 2.75) is 70.4 Å². The van der Waals surface area contributed by atoms with Gasteiger partial charge in [0.25, 0.3) is 6.71 Å². The molecular weight excluding hydrogens is 1150 g/mol. The molecule has 0 radical (unpaired) electrons. The Morgan fingerprint density at radius 3 is 1.05 bits per heavy atom. The highest BCUT2D eigenvalue weighted by molar-refractivity contribution is 7.00. The SMILES string of the molecule is CC(C)(C)c1ccc(-c2cc3c4c(c2)N(c2c(-c5ccccc5)cc(-c5ccccc5)cc2-c2ccccc2)c2cc(N5C6CC7CC(C6)CC5C7)ccc2B4c2cc(-c4ccccc4)ccc2N3c2c(-c3ccccc3)cc(-c3ccccc3)cc2-c2ccccc2)cc1. The second kappa shape index (κ2) is 23.1. The molecule has 95 heavy (non-hydrogen) atoms. The predicted molar refractivity (Wildman–Crippen MR) is 403 cm³/mol. The van der Waals surface area contributed by atoms with Crippen LogP contribution < -0.4 is 31.1 Å². The third-order valence-electron chi connectivity index (χ3n) is 21.6. The maximum absolute atomic E-state index is 2.91. The highest BCUT2D eigenvalue weighted by atomic mass is 15.2. The van der Waals surface area contributed by atoms with Gasteiger partial charge >= 0.3 is 0 Å². The van der Waals surface area contributed by atoms with Crippen molar-refractivity contribution in [1.29, 1.82) is 0 Å². The van der Waals surface area contributed by atoms with Crippen molar-refractivity contribution in [1.82, 2.24) is 0 Å². The summed E-state index contributed by atoms with van der Waals surface area (Å²) in [5, 5.41) is 0. The molecule has 4 heteroatoms. The van der Waals surface area contributed by atoms with Gasteiger partial charge in [-0.05, 0) is 193 Å². The van der Waals surface area contributed by atoms with Crippen molar-refractivity contribution >= 4 is 62.9 Å². The summed E-state index contributed by atoms with van der Waals surface area (Å²) in [7, 11) is 0. The summed E-state index contributed by atoms with van der Waals surface area (Å²) in [5.41, 5.74) is 32.3. The molecular formula is C91H74BN3. The Morgan fingerprint density at radius 2 is 0.642 bits per heavy atom. The summed E-state index contributed by atoms with van der Waals surface area (Å²) in [6.45, 7) is 6.79. The van der Waals surface area contributed by atoms with Crippen LogP contribution in [0.15, 0.2) is 309 Å². The molecule has 4 heterocycles. The number of rotatable bonds is 11. The van der Waals surface area contributed by atoms with Crippen LogP contribution in [0.2, 0.25) is 0 Å². The quantitative estimate of drug-likeness (QED) is 0.120. The van der Waals surface area contributed by atoms with E-state index in [1.165, 1.54) is 144 Å². The lowest BCUT2D eigenvalue weighted by atomic mass is 9.33. The van der Waals surface area contributed by atoms with Gasteiger partial charge in [-0.2, -0.15) is 0 Å². The van der Waals surface area contributed by atoms with E-state index in [4.69, 9.17) is 0 Å². The number of hydrogen-bond acceptors (Lipinski definition) is 3. The molecule has 0 spiro atoms. The van der Waals surface area contributed by atoms with Gasteiger partial charge in [0, 0.05) is 62.8 Å². The molecule has 2 aliphatic carbocycles. The Morgan fingerprint density at radius 1 is 0.284 bits per heavy atom. The second-order valence-corrected chi connectivity index (χ2v) is 28.4. The molecule has 0 atom stereocenters. The van der Waals surface area contributed by atoms with E-state index < -0.39 is 0 Å². The van der Waals surface area contributed by atoms with Gasteiger partial charge < -0.3 is 14.7 Å². The monoisotopic (exact) mass is 1220 g/mol. The van der Waals surface area contributed by atoms with Crippen LogP contribution >= 0.6 is 0 Å². The van der Waals surface area contributed by atoms with Crippen LogP contribution in [0.4, 0.5) is 39.8 Å². The molecule has 19 rings (SSSR count). The minimum Gasteiger partial charge on any atom is -0.365 e. The number of anilines is 7. The molecule has 6 aliphatic rings. The van der Waals surface area contributed by atoms with Crippen LogP contribution in [0.3, 0.4) is 0 Å². The third-order valence-corrected chi connectivity index (χ3v) is 21.6. The molecule has 0 aromatic heterocycles. The minimum atomic E-state index is -0.172. The summed E-state index contributed by atoms with van der Waals surface area (Å²) in [4.78, 5) is 8.39. The van der Waals surface area contributed by atoms with Gasteiger partial charge in [0.2, 0.25) is 0 Å². The Labute approximate surface area is 560 Å². The maximum Gasteiger partial charge on any atom is 0.252 e. The number of hydrogen-bond donors (Lipinski definition) is 0. The van der Waals surface area contributed by atoms with E-state index >= 15 is 0 Å². The van der Waals surface area contributed by atoms with E-state index in [9.17, 15) is 0 Å². The highest BCUT2D eigenvalue weighted by Gasteiger charge is 2.49. The molecule has 0 N–H and O–H groups in total. The van der Waals surface area contributed by atoms with Crippen molar-refractivity contribution in [2.24, 2.45) is 11.8 Å². The average molecular weight is 1220 g/mol. The topological polar surface area (TPSA) is 9.72 Å². The van der Waals surface area contributed by atoms with Gasteiger partial charge in [-0.3, -0.25) is 0 Å². The number of piperidine rings is 2. The summed E-state index contributed by atoms with van der Waals surface area (Å²) in [6, 6.07) is 119. The fourth-order valence-electron chi connectivity index (χ4n) is 17.4. The normalized spacial score (nSPS) is 17.3. The third kappa shape index (κ3) is 9.95. The minimum absolute atomic E-state index is 0.0284. The van der Waals surface area contributed by atoms with E-state index in [0.29, 0.717) is 12.1 Å². The Hall–Kier alpha value is -10.7. The fraction of sp³-hybridized carbons (Fsp3) is 0.143. The van der Waals surface area contributed by atoms with Crippen molar-refractivity contribution in [3.8, 4) is 89.0 Å². The van der Waals surface area contributed by atoms with Crippen LogP contribution in [0, 0.1) is 11.8 Å². The number of fused-ring (bicyclic) bond motifs is 4. The van der Waals surface area contributed by atoms with Crippen LogP contribution in [-0.4, -0.2) is 18.8 Å². The summed E-state index contributed by atoms with van der Waals surface area (Å²) >= 11 is 0. The van der Waals surface area contributed by atoms with Crippen molar-refractivity contribution in [3.05, 3.63) is 315 Å². The molecule has 0 amide bonds. The highest BCUT2D eigenvalue weighted by Crippen LogP contribution is 2.57. The van der Waals surface area contributed by atoms with Crippen molar-refractivity contribution in [2.75, 3.05) is 14.7 Å². The van der Waals surface area contributed by atoms with Gasteiger partial charge in [-0.1, -0.05) is 276 Å². The fourth-order valence-corrected chi connectivity index (χ4v) is 17.4. The van der Waals surface area contributed by atoms with Crippen LogP contribution in [-0.2, 0) is 5.41 Å². The molecule has 456 valence electrons. The first-order chi connectivity index (χ1) is 46.7. The first kappa shape index (κ1) is 57.0.